The molecule has 0 atom stereocenters. The number of ether oxygens (including phenoxy) is 1. The SMILES string of the molecule is CCCCOC(=O)c1cn(-c2ccccc2)c2ccccc12. The Hall–Kier alpha value is -2.55. The van der Waals surface area contributed by atoms with Gasteiger partial charge >= 0.3 is 5.97 Å². The molecule has 0 amide bonds. The number of unbranched alkanes of at least 4 members (excludes halogenated alkanes) is 1. The standard InChI is InChI=1S/C19H19NO2/c1-2-3-13-22-19(21)17-14-20(15-9-5-4-6-10-15)18-12-8-7-11-16(17)18/h4-12,14H,2-3,13H2,1H3. The summed E-state index contributed by atoms with van der Waals surface area (Å²) in [6.07, 6.45) is 3.77. The summed E-state index contributed by atoms with van der Waals surface area (Å²) in [5, 5.41) is 0.924. The van der Waals surface area contributed by atoms with Gasteiger partial charge in [0.05, 0.1) is 17.7 Å². The van der Waals surface area contributed by atoms with E-state index < -0.39 is 0 Å². The Morgan fingerprint density at radius 3 is 2.55 bits per heavy atom. The van der Waals surface area contributed by atoms with Gasteiger partial charge in [-0.25, -0.2) is 4.79 Å². The van der Waals surface area contributed by atoms with Gasteiger partial charge in [-0.3, -0.25) is 0 Å². The van der Waals surface area contributed by atoms with Gasteiger partial charge < -0.3 is 9.30 Å². The van der Waals surface area contributed by atoms with E-state index in [9.17, 15) is 4.79 Å². The minimum Gasteiger partial charge on any atom is -0.462 e. The summed E-state index contributed by atoms with van der Waals surface area (Å²) in [5.41, 5.74) is 2.66. The zero-order valence-electron chi connectivity index (χ0n) is 12.7. The highest BCUT2D eigenvalue weighted by molar-refractivity contribution is 6.04. The minimum absolute atomic E-state index is 0.251. The van der Waals surface area contributed by atoms with Crippen LogP contribution in [-0.4, -0.2) is 17.1 Å². The van der Waals surface area contributed by atoms with Gasteiger partial charge in [0, 0.05) is 17.3 Å². The fourth-order valence-electron chi connectivity index (χ4n) is 2.53. The maximum absolute atomic E-state index is 12.3. The first kappa shape index (κ1) is 14.4. The summed E-state index contributed by atoms with van der Waals surface area (Å²) in [4.78, 5) is 12.3. The summed E-state index contributed by atoms with van der Waals surface area (Å²) in [6.45, 7) is 2.55. The number of carbonyl (C=O) groups excluding carboxylic acids is 1. The fraction of sp³-hybridized carbons (Fsp3) is 0.211. The van der Waals surface area contributed by atoms with Crippen LogP contribution in [0.25, 0.3) is 16.6 Å². The van der Waals surface area contributed by atoms with Gasteiger partial charge in [0.15, 0.2) is 0 Å². The first-order chi connectivity index (χ1) is 10.8. The molecule has 3 rings (SSSR count). The maximum atomic E-state index is 12.3. The van der Waals surface area contributed by atoms with E-state index in [1.54, 1.807) is 0 Å². The largest absolute Gasteiger partial charge is 0.462 e. The molecule has 22 heavy (non-hydrogen) atoms. The lowest BCUT2D eigenvalue weighted by Gasteiger charge is -2.04. The fourth-order valence-corrected chi connectivity index (χ4v) is 2.53. The van der Waals surface area contributed by atoms with Crippen molar-refractivity contribution in [2.45, 2.75) is 19.8 Å². The second-order valence-electron chi connectivity index (χ2n) is 5.25. The average molecular weight is 293 g/mol. The Kier molecular flexibility index (Phi) is 4.24. The predicted molar refractivity (Wildman–Crippen MR) is 88.5 cm³/mol. The molecule has 0 aliphatic rings. The molecule has 0 N–H and O–H groups in total. The van der Waals surface area contributed by atoms with Crippen molar-refractivity contribution in [1.82, 2.24) is 4.57 Å². The summed E-state index contributed by atoms with van der Waals surface area (Å²) in [6, 6.07) is 17.9. The van der Waals surface area contributed by atoms with E-state index >= 15 is 0 Å². The second kappa shape index (κ2) is 6.48. The number of rotatable bonds is 5. The van der Waals surface area contributed by atoms with Gasteiger partial charge in [0.2, 0.25) is 0 Å². The Morgan fingerprint density at radius 2 is 1.77 bits per heavy atom. The Labute approximate surface area is 130 Å². The van der Waals surface area contributed by atoms with Crippen LogP contribution in [0.5, 0.6) is 0 Å². The molecule has 0 spiro atoms. The zero-order chi connectivity index (χ0) is 15.4. The van der Waals surface area contributed by atoms with E-state index in [-0.39, 0.29) is 5.97 Å². The zero-order valence-corrected chi connectivity index (χ0v) is 12.7. The molecule has 2 aromatic carbocycles. The highest BCUT2D eigenvalue weighted by Crippen LogP contribution is 2.25. The lowest BCUT2D eigenvalue weighted by Crippen LogP contribution is -2.05. The van der Waals surface area contributed by atoms with Crippen molar-refractivity contribution in [3.05, 3.63) is 66.4 Å². The summed E-state index contributed by atoms with van der Waals surface area (Å²) >= 11 is 0. The molecule has 0 radical (unpaired) electrons. The van der Waals surface area contributed by atoms with Crippen molar-refractivity contribution in [3.8, 4) is 5.69 Å². The van der Waals surface area contributed by atoms with Crippen molar-refractivity contribution < 1.29 is 9.53 Å². The topological polar surface area (TPSA) is 31.2 Å². The molecule has 3 heteroatoms. The van der Waals surface area contributed by atoms with E-state index in [0.29, 0.717) is 12.2 Å². The maximum Gasteiger partial charge on any atom is 0.340 e. The molecule has 112 valence electrons. The van der Waals surface area contributed by atoms with Crippen LogP contribution < -0.4 is 0 Å². The average Bonchev–Trinajstić information content (AvgIpc) is 2.95. The molecule has 0 unspecified atom stereocenters. The van der Waals surface area contributed by atoms with Crippen molar-refractivity contribution in [1.29, 1.82) is 0 Å². The summed E-state index contributed by atoms with van der Waals surface area (Å²) in [5.74, 6) is -0.251. The van der Waals surface area contributed by atoms with Crippen LogP contribution in [-0.2, 0) is 4.74 Å². The highest BCUT2D eigenvalue weighted by Gasteiger charge is 2.16. The van der Waals surface area contributed by atoms with Gasteiger partial charge in [-0.05, 0) is 24.6 Å². The Bertz CT molecular complexity index is 774. The van der Waals surface area contributed by atoms with Crippen LogP contribution in [0, 0.1) is 0 Å². The predicted octanol–water partition coefficient (Wildman–Crippen LogP) is 4.59. The van der Waals surface area contributed by atoms with E-state index in [4.69, 9.17) is 4.74 Å². The van der Waals surface area contributed by atoms with Crippen molar-refractivity contribution in [2.24, 2.45) is 0 Å². The summed E-state index contributed by atoms with van der Waals surface area (Å²) < 4.78 is 7.41. The molecular weight excluding hydrogens is 274 g/mol. The number of benzene rings is 2. The monoisotopic (exact) mass is 293 g/mol. The highest BCUT2D eigenvalue weighted by atomic mass is 16.5. The van der Waals surface area contributed by atoms with Crippen LogP contribution in [0.3, 0.4) is 0 Å². The number of para-hydroxylation sites is 2. The third-order valence-corrected chi connectivity index (χ3v) is 3.70. The van der Waals surface area contributed by atoms with Crippen LogP contribution in [0.4, 0.5) is 0 Å². The molecule has 0 bridgehead atoms. The third-order valence-electron chi connectivity index (χ3n) is 3.70. The lowest BCUT2D eigenvalue weighted by atomic mass is 10.2. The number of hydrogen-bond donors (Lipinski definition) is 0. The van der Waals surface area contributed by atoms with Gasteiger partial charge in [-0.2, -0.15) is 0 Å². The van der Waals surface area contributed by atoms with E-state index in [1.165, 1.54) is 0 Å². The number of fused-ring (bicyclic) bond motifs is 1. The van der Waals surface area contributed by atoms with Crippen LogP contribution in [0.1, 0.15) is 30.1 Å². The first-order valence-electron chi connectivity index (χ1n) is 7.64. The molecular formula is C19H19NO2. The number of esters is 1. The second-order valence-corrected chi connectivity index (χ2v) is 5.25. The van der Waals surface area contributed by atoms with Gasteiger partial charge in [0.25, 0.3) is 0 Å². The smallest absolute Gasteiger partial charge is 0.340 e. The molecule has 3 nitrogen and oxygen atoms in total. The lowest BCUT2D eigenvalue weighted by molar-refractivity contribution is 0.0502. The quantitative estimate of drug-likeness (QED) is 0.509. The van der Waals surface area contributed by atoms with E-state index in [0.717, 1.165) is 29.4 Å². The van der Waals surface area contributed by atoms with Crippen LogP contribution in [0.2, 0.25) is 0 Å². The van der Waals surface area contributed by atoms with Crippen molar-refractivity contribution >= 4 is 16.9 Å². The number of carbonyl (C=O) groups is 1. The number of hydrogen-bond acceptors (Lipinski definition) is 2. The summed E-state index contributed by atoms with van der Waals surface area (Å²) in [7, 11) is 0. The van der Waals surface area contributed by atoms with Crippen LogP contribution >= 0.6 is 0 Å². The number of nitrogens with zero attached hydrogens (tertiary/aromatic N) is 1. The molecule has 3 aromatic rings. The molecule has 0 aliphatic heterocycles. The molecule has 0 saturated heterocycles. The van der Waals surface area contributed by atoms with Gasteiger partial charge in [-0.1, -0.05) is 49.7 Å². The molecule has 1 aromatic heterocycles. The number of aromatic nitrogens is 1. The minimum atomic E-state index is -0.251. The van der Waals surface area contributed by atoms with Gasteiger partial charge in [-0.15, -0.1) is 0 Å². The van der Waals surface area contributed by atoms with E-state index in [2.05, 4.69) is 6.92 Å². The first-order valence-corrected chi connectivity index (χ1v) is 7.64. The normalized spacial score (nSPS) is 10.8. The molecule has 1 heterocycles. The molecule has 0 aliphatic carbocycles. The molecule has 0 saturated carbocycles. The Balaban J connectivity index is 2.03. The van der Waals surface area contributed by atoms with E-state index in [1.807, 2.05) is 65.4 Å². The Morgan fingerprint density at radius 1 is 1.05 bits per heavy atom. The van der Waals surface area contributed by atoms with Gasteiger partial charge in [0.1, 0.15) is 0 Å². The van der Waals surface area contributed by atoms with Crippen LogP contribution in [0.15, 0.2) is 60.8 Å². The van der Waals surface area contributed by atoms with Crippen molar-refractivity contribution in [3.63, 3.8) is 0 Å². The van der Waals surface area contributed by atoms with Crippen molar-refractivity contribution in [2.75, 3.05) is 6.61 Å². The third kappa shape index (κ3) is 2.75. The molecule has 0 fully saturated rings.